The number of hydrogen-bond acceptors (Lipinski definition) is 5. The molecule has 3 rings (SSSR count). The third-order valence-electron chi connectivity index (χ3n) is 5.11. The van der Waals surface area contributed by atoms with Gasteiger partial charge in [-0.1, -0.05) is 12.7 Å². The summed E-state index contributed by atoms with van der Waals surface area (Å²) >= 11 is 0. The number of hydrogen-bond donors (Lipinski definition) is 1. The van der Waals surface area contributed by atoms with Gasteiger partial charge in [-0.3, -0.25) is 4.79 Å². The van der Waals surface area contributed by atoms with Crippen molar-refractivity contribution in [3.8, 4) is 5.75 Å². The first-order valence-corrected chi connectivity index (χ1v) is 11.0. The lowest BCUT2D eigenvalue weighted by molar-refractivity contribution is 0.0563. The number of piperidine rings is 1. The van der Waals surface area contributed by atoms with Crippen LogP contribution in [0.3, 0.4) is 0 Å². The number of sulfonamides is 1. The molecule has 0 aliphatic carbocycles. The summed E-state index contributed by atoms with van der Waals surface area (Å²) in [5.74, 6) is 1.19. The Hall–Kier alpha value is -1.90. The van der Waals surface area contributed by atoms with Crippen LogP contribution in [0, 0.1) is 11.8 Å². The maximum atomic E-state index is 12.9. The lowest BCUT2D eigenvalue weighted by Gasteiger charge is -2.36. The number of rotatable bonds is 7. The van der Waals surface area contributed by atoms with Crippen LogP contribution in [0.5, 0.6) is 5.75 Å². The number of ether oxygens (including phenoxy) is 2. The Kier molecular flexibility index (Phi) is 6.18. The number of likely N-dealkylation sites (tertiary alicyclic amines) is 1. The second-order valence-corrected chi connectivity index (χ2v) is 8.91. The Morgan fingerprint density at radius 2 is 2.15 bits per heavy atom. The first-order chi connectivity index (χ1) is 12.9. The van der Waals surface area contributed by atoms with Gasteiger partial charge in [-0.2, -0.15) is 0 Å². The van der Waals surface area contributed by atoms with Crippen LogP contribution in [0.4, 0.5) is 0 Å². The van der Waals surface area contributed by atoms with Crippen molar-refractivity contribution in [2.45, 2.75) is 12.5 Å². The summed E-state index contributed by atoms with van der Waals surface area (Å²) in [5.41, 5.74) is 0.615. The third kappa shape index (κ3) is 5.09. The van der Waals surface area contributed by atoms with E-state index in [1.807, 2.05) is 4.90 Å². The molecule has 0 spiro atoms. The van der Waals surface area contributed by atoms with E-state index in [1.165, 1.54) is 0 Å². The summed E-state index contributed by atoms with van der Waals surface area (Å²) < 4.78 is 36.5. The summed E-state index contributed by atoms with van der Waals surface area (Å²) in [6.07, 6.45) is 3.47. The van der Waals surface area contributed by atoms with E-state index in [4.69, 9.17) is 9.47 Å². The van der Waals surface area contributed by atoms with E-state index in [9.17, 15) is 13.2 Å². The van der Waals surface area contributed by atoms with Crippen LogP contribution in [0.25, 0.3) is 0 Å². The predicted molar refractivity (Wildman–Crippen MR) is 102 cm³/mol. The number of benzene rings is 1. The van der Waals surface area contributed by atoms with Crippen LogP contribution in [0.1, 0.15) is 16.8 Å². The first-order valence-electron chi connectivity index (χ1n) is 9.06. The van der Waals surface area contributed by atoms with Crippen molar-refractivity contribution in [3.05, 3.63) is 42.5 Å². The van der Waals surface area contributed by atoms with Crippen LogP contribution in [0.2, 0.25) is 0 Å². The SMILES string of the molecule is C=CCOc1ccc(C(=O)N2CC[C@H]3CO[C@H](CNS(C)(=O)=O)[C@H]3C2)cc1. The molecule has 0 aromatic heterocycles. The zero-order valence-electron chi connectivity index (χ0n) is 15.5. The molecular weight excluding hydrogens is 368 g/mol. The zero-order chi connectivity index (χ0) is 19.4. The minimum absolute atomic E-state index is 0.0227. The number of fused-ring (bicyclic) bond motifs is 1. The van der Waals surface area contributed by atoms with Crippen molar-refractivity contribution >= 4 is 15.9 Å². The average molecular weight is 394 g/mol. The Bertz CT molecular complexity index is 778. The Morgan fingerprint density at radius 3 is 2.81 bits per heavy atom. The largest absolute Gasteiger partial charge is 0.490 e. The van der Waals surface area contributed by atoms with Crippen LogP contribution >= 0.6 is 0 Å². The monoisotopic (exact) mass is 394 g/mol. The van der Waals surface area contributed by atoms with E-state index in [0.29, 0.717) is 43.5 Å². The lowest BCUT2D eigenvalue weighted by Crippen LogP contribution is -2.47. The second-order valence-electron chi connectivity index (χ2n) is 7.08. The molecule has 1 aromatic rings. The van der Waals surface area contributed by atoms with Gasteiger partial charge in [0, 0.05) is 31.1 Å². The van der Waals surface area contributed by atoms with Crippen molar-refractivity contribution in [3.63, 3.8) is 0 Å². The zero-order valence-corrected chi connectivity index (χ0v) is 16.3. The van der Waals surface area contributed by atoms with Crippen LogP contribution in [-0.4, -0.2) is 64.4 Å². The van der Waals surface area contributed by atoms with Crippen LogP contribution in [-0.2, 0) is 14.8 Å². The second kappa shape index (κ2) is 8.41. The van der Waals surface area contributed by atoms with Gasteiger partial charge in [0.05, 0.1) is 19.0 Å². The molecule has 8 heteroatoms. The fraction of sp³-hybridized carbons (Fsp3) is 0.526. The highest BCUT2D eigenvalue weighted by molar-refractivity contribution is 7.88. The van der Waals surface area contributed by atoms with Crippen molar-refractivity contribution in [2.75, 3.05) is 39.1 Å². The van der Waals surface area contributed by atoms with Gasteiger partial charge in [-0.05, 0) is 36.6 Å². The Morgan fingerprint density at radius 1 is 1.41 bits per heavy atom. The number of nitrogens with zero attached hydrogens (tertiary/aromatic N) is 1. The summed E-state index contributed by atoms with van der Waals surface area (Å²) in [7, 11) is -3.26. The summed E-state index contributed by atoms with van der Waals surface area (Å²) in [5, 5.41) is 0. The highest BCUT2D eigenvalue weighted by Gasteiger charge is 2.42. The predicted octanol–water partition coefficient (Wildman–Crippen LogP) is 1.28. The van der Waals surface area contributed by atoms with Gasteiger partial charge in [-0.25, -0.2) is 13.1 Å². The number of nitrogens with one attached hydrogen (secondary N) is 1. The molecule has 148 valence electrons. The molecule has 27 heavy (non-hydrogen) atoms. The minimum atomic E-state index is -3.26. The van der Waals surface area contributed by atoms with Gasteiger partial charge in [0.25, 0.3) is 5.91 Å². The van der Waals surface area contributed by atoms with Gasteiger partial charge >= 0.3 is 0 Å². The van der Waals surface area contributed by atoms with Gasteiger partial charge in [0.1, 0.15) is 12.4 Å². The van der Waals surface area contributed by atoms with E-state index in [-0.39, 0.29) is 24.5 Å². The molecule has 1 N–H and O–H groups in total. The molecule has 0 unspecified atom stereocenters. The molecule has 2 saturated heterocycles. The molecule has 2 aliphatic rings. The molecule has 2 heterocycles. The van der Waals surface area contributed by atoms with E-state index >= 15 is 0 Å². The van der Waals surface area contributed by atoms with Crippen LogP contribution in [0.15, 0.2) is 36.9 Å². The summed E-state index contributed by atoms with van der Waals surface area (Å²) in [6, 6.07) is 7.09. The average Bonchev–Trinajstić information content (AvgIpc) is 3.06. The van der Waals surface area contributed by atoms with Gasteiger partial charge < -0.3 is 14.4 Å². The standard InChI is InChI=1S/C19H26N2O5S/c1-3-10-25-16-6-4-14(5-7-16)19(22)21-9-8-15-13-26-18(17(15)12-21)11-20-27(2,23)24/h3-7,15,17-18,20H,1,8-13H2,2H3/t15-,17-,18+/m0/s1. The normalized spacial score (nSPS) is 25.1. The molecule has 1 amide bonds. The summed E-state index contributed by atoms with van der Waals surface area (Å²) in [4.78, 5) is 14.7. The smallest absolute Gasteiger partial charge is 0.253 e. The Balaban J connectivity index is 1.62. The van der Waals surface area contributed by atoms with Gasteiger partial charge in [0.15, 0.2) is 0 Å². The number of amides is 1. The highest BCUT2D eigenvalue weighted by atomic mass is 32.2. The van der Waals surface area contributed by atoms with Crippen molar-refractivity contribution < 1.29 is 22.7 Å². The Labute approximate surface area is 160 Å². The lowest BCUT2D eigenvalue weighted by atomic mass is 9.84. The van der Waals surface area contributed by atoms with E-state index in [1.54, 1.807) is 30.3 Å². The molecule has 0 bridgehead atoms. The van der Waals surface area contributed by atoms with Crippen molar-refractivity contribution in [1.82, 2.24) is 9.62 Å². The first kappa shape index (κ1) is 19.9. The fourth-order valence-corrected chi connectivity index (χ4v) is 4.16. The van der Waals surface area contributed by atoms with E-state index in [2.05, 4.69) is 11.3 Å². The quantitative estimate of drug-likeness (QED) is 0.704. The molecule has 0 saturated carbocycles. The minimum Gasteiger partial charge on any atom is -0.490 e. The van der Waals surface area contributed by atoms with Crippen LogP contribution < -0.4 is 9.46 Å². The maximum Gasteiger partial charge on any atom is 0.253 e. The third-order valence-corrected chi connectivity index (χ3v) is 5.80. The number of carbonyl (C=O) groups excluding carboxylic acids is 1. The topological polar surface area (TPSA) is 84.9 Å². The van der Waals surface area contributed by atoms with Gasteiger partial charge in [-0.15, -0.1) is 0 Å². The van der Waals surface area contributed by atoms with Crippen molar-refractivity contribution in [1.29, 1.82) is 0 Å². The molecule has 0 radical (unpaired) electrons. The molecule has 7 nitrogen and oxygen atoms in total. The number of carbonyl (C=O) groups is 1. The molecule has 1 aromatic carbocycles. The van der Waals surface area contributed by atoms with Gasteiger partial charge in [0.2, 0.25) is 10.0 Å². The molecule has 3 atom stereocenters. The molecular formula is C19H26N2O5S. The van der Waals surface area contributed by atoms with E-state index < -0.39 is 10.0 Å². The highest BCUT2D eigenvalue weighted by Crippen LogP contribution is 2.34. The maximum absolute atomic E-state index is 12.9. The molecule has 2 aliphatic heterocycles. The van der Waals surface area contributed by atoms with Crippen molar-refractivity contribution in [2.24, 2.45) is 11.8 Å². The summed E-state index contributed by atoms with van der Waals surface area (Å²) in [6.45, 7) is 6.16. The fourth-order valence-electron chi connectivity index (χ4n) is 3.69. The van der Waals surface area contributed by atoms with E-state index in [0.717, 1.165) is 12.7 Å². The molecule has 2 fully saturated rings.